The zero-order valence-corrected chi connectivity index (χ0v) is 17.5. The van der Waals surface area contributed by atoms with Gasteiger partial charge in [-0.3, -0.25) is 14.3 Å². The number of fused-ring (bicyclic) bond motifs is 1. The van der Waals surface area contributed by atoms with Gasteiger partial charge in [-0.15, -0.1) is 0 Å². The predicted octanol–water partition coefficient (Wildman–Crippen LogP) is 3.42. The van der Waals surface area contributed by atoms with Gasteiger partial charge >= 0.3 is 0 Å². The fourth-order valence-corrected chi connectivity index (χ4v) is 4.70. The Kier molecular flexibility index (Phi) is 5.34. The van der Waals surface area contributed by atoms with E-state index in [0.717, 1.165) is 49.0 Å². The van der Waals surface area contributed by atoms with Crippen molar-refractivity contribution in [2.24, 2.45) is 11.3 Å². The van der Waals surface area contributed by atoms with Crippen LogP contribution in [0.1, 0.15) is 45.2 Å². The SMILES string of the molecule is CC1(C)Cc2c(-c3cc(NC(=O)[C@H]4CCC[C@@H](NC=O)C4)ncc3Cl)cnn2C1. The first-order valence-electron chi connectivity index (χ1n) is 10.1. The fraction of sp³-hybridized carbons (Fsp3) is 0.524. The molecule has 29 heavy (non-hydrogen) atoms. The van der Waals surface area contributed by atoms with Gasteiger partial charge in [0.2, 0.25) is 12.3 Å². The van der Waals surface area contributed by atoms with Crippen LogP contribution in [0.4, 0.5) is 5.82 Å². The summed E-state index contributed by atoms with van der Waals surface area (Å²) in [6.07, 6.45) is 8.35. The molecule has 2 aliphatic rings. The number of carbonyl (C=O) groups excluding carboxylic acids is 2. The van der Waals surface area contributed by atoms with E-state index in [2.05, 4.69) is 34.6 Å². The van der Waals surface area contributed by atoms with Gasteiger partial charge in [0.05, 0.1) is 11.2 Å². The zero-order chi connectivity index (χ0) is 20.6. The van der Waals surface area contributed by atoms with Crippen LogP contribution >= 0.6 is 11.6 Å². The van der Waals surface area contributed by atoms with Gasteiger partial charge in [0.15, 0.2) is 0 Å². The lowest BCUT2D eigenvalue weighted by molar-refractivity contribution is -0.121. The number of hydrogen-bond acceptors (Lipinski definition) is 4. The lowest BCUT2D eigenvalue weighted by atomic mass is 9.85. The smallest absolute Gasteiger partial charge is 0.228 e. The van der Waals surface area contributed by atoms with E-state index in [9.17, 15) is 9.59 Å². The number of anilines is 1. The summed E-state index contributed by atoms with van der Waals surface area (Å²) >= 11 is 6.45. The summed E-state index contributed by atoms with van der Waals surface area (Å²) in [5, 5.41) is 10.8. The molecule has 8 heteroatoms. The molecule has 3 heterocycles. The van der Waals surface area contributed by atoms with Gasteiger partial charge in [0, 0.05) is 41.5 Å². The number of hydrogen-bond donors (Lipinski definition) is 2. The Morgan fingerprint density at radius 2 is 2.14 bits per heavy atom. The lowest BCUT2D eigenvalue weighted by Gasteiger charge is -2.27. The molecule has 2 amide bonds. The Bertz CT molecular complexity index is 939. The largest absolute Gasteiger partial charge is 0.356 e. The summed E-state index contributed by atoms with van der Waals surface area (Å²) in [5.74, 6) is 0.282. The lowest BCUT2D eigenvalue weighted by Crippen LogP contribution is -2.37. The van der Waals surface area contributed by atoms with E-state index in [-0.39, 0.29) is 23.3 Å². The second kappa shape index (κ2) is 7.78. The van der Waals surface area contributed by atoms with E-state index in [1.807, 2.05) is 16.9 Å². The predicted molar refractivity (Wildman–Crippen MR) is 112 cm³/mol. The number of rotatable bonds is 5. The summed E-state index contributed by atoms with van der Waals surface area (Å²) in [4.78, 5) is 27.8. The number of aromatic nitrogens is 3. The van der Waals surface area contributed by atoms with E-state index in [4.69, 9.17) is 11.6 Å². The minimum absolute atomic E-state index is 0.0593. The van der Waals surface area contributed by atoms with Gasteiger partial charge in [0.25, 0.3) is 0 Å². The van der Waals surface area contributed by atoms with Crippen molar-refractivity contribution in [3.05, 3.63) is 29.2 Å². The normalized spacial score (nSPS) is 22.7. The molecule has 1 fully saturated rings. The van der Waals surface area contributed by atoms with Crippen molar-refractivity contribution in [1.29, 1.82) is 0 Å². The minimum atomic E-state index is -0.136. The first-order chi connectivity index (χ1) is 13.9. The van der Waals surface area contributed by atoms with E-state index in [0.29, 0.717) is 23.7 Å². The molecule has 7 nitrogen and oxygen atoms in total. The van der Waals surface area contributed by atoms with Gasteiger partial charge < -0.3 is 10.6 Å². The summed E-state index contributed by atoms with van der Waals surface area (Å²) in [6.45, 7) is 5.33. The minimum Gasteiger partial charge on any atom is -0.356 e. The second-order valence-electron chi connectivity index (χ2n) is 8.89. The molecular formula is C21H26ClN5O2. The molecule has 2 aromatic heterocycles. The average molecular weight is 416 g/mol. The molecule has 0 aromatic carbocycles. The first kappa shape index (κ1) is 19.9. The Morgan fingerprint density at radius 3 is 2.93 bits per heavy atom. The molecule has 0 unspecified atom stereocenters. The molecule has 1 aliphatic heterocycles. The Hall–Kier alpha value is -2.41. The highest BCUT2D eigenvalue weighted by molar-refractivity contribution is 6.33. The van der Waals surface area contributed by atoms with Gasteiger partial charge in [-0.1, -0.05) is 31.9 Å². The molecule has 0 spiro atoms. The van der Waals surface area contributed by atoms with Crippen LogP contribution in [0.15, 0.2) is 18.5 Å². The second-order valence-corrected chi connectivity index (χ2v) is 9.29. The standard InChI is InChI=1S/C21H26ClN5O2/c1-21(2)8-18-16(9-25-27(18)11-21)15-7-19(23-10-17(15)22)26-20(29)13-4-3-5-14(6-13)24-12-28/h7,9-10,12-14H,3-6,8,11H2,1-2H3,(H,24,28)(H,23,26,29)/t13-,14+/m0/s1. The zero-order valence-electron chi connectivity index (χ0n) is 16.7. The van der Waals surface area contributed by atoms with Crippen molar-refractivity contribution in [2.45, 2.75) is 58.5 Å². The van der Waals surface area contributed by atoms with E-state index < -0.39 is 0 Å². The molecular weight excluding hydrogens is 390 g/mol. The number of amides is 2. The van der Waals surface area contributed by atoms with Gasteiger partial charge in [-0.2, -0.15) is 5.10 Å². The number of carbonyl (C=O) groups is 2. The van der Waals surface area contributed by atoms with E-state index >= 15 is 0 Å². The Labute approximate surface area is 175 Å². The van der Waals surface area contributed by atoms with E-state index in [1.165, 1.54) is 0 Å². The highest BCUT2D eigenvalue weighted by Crippen LogP contribution is 2.39. The van der Waals surface area contributed by atoms with Crippen LogP contribution in [0, 0.1) is 11.3 Å². The molecule has 1 saturated carbocycles. The van der Waals surface area contributed by atoms with Crippen molar-refractivity contribution in [1.82, 2.24) is 20.1 Å². The molecule has 2 aromatic rings. The molecule has 2 N–H and O–H groups in total. The van der Waals surface area contributed by atoms with Crippen molar-refractivity contribution < 1.29 is 9.59 Å². The summed E-state index contributed by atoms with van der Waals surface area (Å²) in [7, 11) is 0. The van der Waals surface area contributed by atoms with Crippen LogP contribution in [-0.2, 0) is 22.6 Å². The summed E-state index contributed by atoms with van der Waals surface area (Å²) in [6, 6.07) is 1.89. The van der Waals surface area contributed by atoms with Gasteiger partial charge in [-0.05, 0) is 37.2 Å². The molecule has 2 atom stereocenters. The maximum Gasteiger partial charge on any atom is 0.228 e. The molecule has 0 radical (unpaired) electrons. The summed E-state index contributed by atoms with van der Waals surface area (Å²) < 4.78 is 2.03. The maximum absolute atomic E-state index is 12.8. The van der Waals surface area contributed by atoms with Crippen molar-refractivity contribution >= 4 is 29.7 Å². The van der Waals surface area contributed by atoms with Crippen molar-refractivity contribution in [3.63, 3.8) is 0 Å². The van der Waals surface area contributed by atoms with E-state index in [1.54, 1.807) is 6.20 Å². The van der Waals surface area contributed by atoms with Crippen molar-refractivity contribution in [3.8, 4) is 11.1 Å². The first-order valence-corrected chi connectivity index (χ1v) is 10.5. The molecule has 154 valence electrons. The van der Waals surface area contributed by atoms with Crippen LogP contribution in [0.25, 0.3) is 11.1 Å². The van der Waals surface area contributed by atoms with Crippen LogP contribution in [0.3, 0.4) is 0 Å². The van der Waals surface area contributed by atoms with Crippen LogP contribution in [0.2, 0.25) is 5.02 Å². The molecule has 0 saturated heterocycles. The topological polar surface area (TPSA) is 88.9 Å². The van der Waals surface area contributed by atoms with Crippen LogP contribution in [-0.4, -0.2) is 33.1 Å². The Morgan fingerprint density at radius 1 is 1.31 bits per heavy atom. The Balaban J connectivity index is 1.53. The number of nitrogens with one attached hydrogen (secondary N) is 2. The number of halogens is 1. The monoisotopic (exact) mass is 415 g/mol. The highest BCUT2D eigenvalue weighted by Gasteiger charge is 2.32. The van der Waals surface area contributed by atoms with Crippen LogP contribution in [0.5, 0.6) is 0 Å². The third-order valence-corrected chi connectivity index (χ3v) is 6.22. The fourth-order valence-electron chi connectivity index (χ4n) is 4.49. The van der Waals surface area contributed by atoms with Gasteiger partial charge in [0.1, 0.15) is 5.82 Å². The van der Waals surface area contributed by atoms with Crippen LogP contribution < -0.4 is 10.6 Å². The average Bonchev–Trinajstić information content (AvgIpc) is 3.19. The number of pyridine rings is 1. The highest BCUT2D eigenvalue weighted by atomic mass is 35.5. The number of nitrogens with zero attached hydrogens (tertiary/aromatic N) is 3. The molecule has 4 rings (SSSR count). The quantitative estimate of drug-likeness (QED) is 0.732. The third kappa shape index (κ3) is 4.15. The maximum atomic E-state index is 12.8. The third-order valence-electron chi connectivity index (χ3n) is 5.92. The van der Waals surface area contributed by atoms with Gasteiger partial charge in [-0.25, -0.2) is 4.98 Å². The molecule has 0 bridgehead atoms. The molecule has 1 aliphatic carbocycles. The summed E-state index contributed by atoms with van der Waals surface area (Å²) in [5.41, 5.74) is 3.16. The van der Waals surface area contributed by atoms with Crippen molar-refractivity contribution in [2.75, 3.05) is 5.32 Å².